The summed E-state index contributed by atoms with van der Waals surface area (Å²) in [4.78, 5) is 22.4. The Labute approximate surface area is 174 Å². The van der Waals surface area contributed by atoms with Crippen LogP contribution in [0, 0.1) is 0 Å². The van der Waals surface area contributed by atoms with Crippen molar-refractivity contribution in [2.24, 2.45) is 4.99 Å². The van der Waals surface area contributed by atoms with E-state index in [4.69, 9.17) is 0 Å². The number of aromatic nitrogens is 1. The van der Waals surface area contributed by atoms with Crippen molar-refractivity contribution in [3.63, 3.8) is 0 Å². The van der Waals surface area contributed by atoms with Gasteiger partial charge in [0.15, 0.2) is 5.96 Å². The molecule has 0 fully saturated rings. The third-order valence-corrected chi connectivity index (χ3v) is 4.28. The van der Waals surface area contributed by atoms with E-state index in [1.165, 1.54) is 6.07 Å². The van der Waals surface area contributed by atoms with Gasteiger partial charge in [0, 0.05) is 38.4 Å². The fraction of sp³-hybridized carbons (Fsp3) is 0.381. The number of benzene rings is 1. The van der Waals surface area contributed by atoms with Crippen molar-refractivity contribution in [1.82, 2.24) is 20.5 Å². The number of carbonyl (C=O) groups excluding carboxylic acids is 1. The first-order chi connectivity index (χ1) is 14.3. The van der Waals surface area contributed by atoms with Crippen molar-refractivity contribution in [3.8, 4) is 0 Å². The minimum absolute atomic E-state index is 0.0210. The number of aliphatic imine (C=N–C) groups is 1. The summed E-state index contributed by atoms with van der Waals surface area (Å²) in [7, 11) is 1.71. The zero-order valence-corrected chi connectivity index (χ0v) is 17.0. The fourth-order valence-corrected chi connectivity index (χ4v) is 2.61. The molecule has 30 heavy (non-hydrogen) atoms. The number of likely N-dealkylation sites (N-methyl/N-ethyl adjacent to an activating group) is 1. The maximum atomic E-state index is 12.8. The Bertz CT molecular complexity index is 840. The largest absolute Gasteiger partial charge is 0.416 e. The molecule has 0 spiro atoms. The molecule has 0 atom stereocenters. The summed E-state index contributed by atoms with van der Waals surface area (Å²) in [6.45, 7) is 3.02. The number of alkyl halides is 3. The standard InChI is InChI=1S/C21H26F3N5O/c1-3-25-20(27-14-16-7-6-8-17(13-16)21(22,23)24)28-15-19(30)29(2)12-10-18-9-4-5-11-26-18/h4-9,11,13H,3,10,12,14-15H2,1-2H3,(H2,25,27,28). The van der Waals surface area contributed by atoms with Gasteiger partial charge in [0.05, 0.1) is 18.7 Å². The highest BCUT2D eigenvalue weighted by Gasteiger charge is 2.30. The molecule has 0 saturated heterocycles. The lowest BCUT2D eigenvalue weighted by Crippen LogP contribution is -2.44. The molecule has 0 saturated carbocycles. The molecule has 1 aromatic heterocycles. The summed E-state index contributed by atoms with van der Waals surface area (Å²) in [6.07, 6.45) is -2.04. The lowest BCUT2D eigenvalue weighted by atomic mass is 10.1. The van der Waals surface area contributed by atoms with Gasteiger partial charge < -0.3 is 15.5 Å². The van der Waals surface area contributed by atoms with Gasteiger partial charge >= 0.3 is 6.18 Å². The summed E-state index contributed by atoms with van der Waals surface area (Å²) in [5.74, 6) is 0.233. The van der Waals surface area contributed by atoms with Crippen LogP contribution in [0.25, 0.3) is 0 Å². The average molecular weight is 421 g/mol. The van der Waals surface area contributed by atoms with Crippen LogP contribution in [0.4, 0.5) is 13.2 Å². The monoisotopic (exact) mass is 421 g/mol. The molecule has 1 aromatic carbocycles. The Kier molecular flexibility index (Phi) is 8.64. The van der Waals surface area contributed by atoms with E-state index in [-0.39, 0.29) is 19.0 Å². The number of halogens is 3. The molecule has 2 N–H and O–H groups in total. The molecule has 1 amide bonds. The summed E-state index contributed by atoms with van der Waals surface area (Å²) < 4.78 is 38.5. The highest BCUT2D eigenvalue weighted by Crippen LogP contribution is 2.29. The lowest BCUT2D eigenvalue weighted by molar-refractivity contribution is -0.137. The van der Waals surface area contributed by atoms with E-state index in [0.29, 0.717) is 31.0 Å². The zero-order chi connectivity index (χ0) is 22.0. The van der Waals surface area contributed by atoms with Gasteiger partial charge in [-0.05, 0) is 36.8 Å². The number of pyridine rings is 1. The molecule has 0 unspecified atom stereocenters. The second kappa shape index (κ2) is 11.2. The van der Waals surface area contributed by atoms with Crippen molar-refractivity contribution in [3.05, 3.63) is 65.5 Å². The van der Waals surface area contributed by atoms with Gasteiger partial charge in [0.2, 0.25) is 5.91 Å². The van der Waals surface area contributed by atoms with Gasteiger partial charge in [-0.1, -0.05) is 18.2 Å². The Morgan fingerprint density at radius 2 is 1.97 bits per heavy atom. The summed E-state index contributed by atoms with van der Waals surface area (Å²) >= 11 is 0. The summed E-state index contributed by atoms with van der Waals surface area (Å²) in [5, 5.41) is 5.91. The molecule has 6 nitrogen and oxygen atoms in total. The van der Waals surface area contributed by atoms with E-state index in [9.17, 15) is 18.0 Å². The number of hydrogen-bond donors (Lipinski definition) is 2. The highest BCUT2D eigenvalue weighted by atomic mass is 19.4. The van der Waals surface area contributed by atoms with Crippen LogP contribution in [-0.2, 0) is 23.9 Å². The maximum absolute atomic E-state index is 12.8. The van der Waals surface area contributed by atoms with E-state index in [1.807, 2.05) is 25.1 Å². The molecule has 162 valence electrons. The van der Waals surface area contributed by atoms with Crippen LogP contribution in [0.3, 0.4) is 0 Å². The first kappa shape index (κ1) is 23.2. The second-order valence-electron chi connectivity index (χ2n) is 6.63. The minimum atomic E-state index is -4.39. The van der Waals surface area contributed by atoms with Gasteiger partial charge in [-0.25, -0.2) is 4.99 Å². The molecule has 2 rings (SSSR count). The maximum Gasteiger partial charge on any atom is 0.416 e. The van der Waals surface area contributed by atoms with E-state index in [2.05, 4.69) is 20.6 Å². The van der Waals surface area contributed by atoms with Crippen LogP contribution >= 0.6 is 0 Å². The average Bonchev–Trinajstić information content (AvgIpc) is 2.74. The van der Waals surface area contributed by atoms with Gasteiger partial charge in [-0.3, -0.25) is 9.78 Å². The smallest absolute Gasteiger partial charge is 0.357 e. The van der Waals surface area contributed by atoms with E-state index in [1.54, 1.807) is 24.2 Å². The zero-order valence-electron chi connectivity index (χ0n) is 17.0. The topological polar surface area (TPSA) is 69.6 Å². The summed E-state index contributed by atoms with van der Waals surface area (Å²) in [5.41, 5.74) is 0.625. The van der Waals surface area contributed by atoms with Crippen molar-refractivity contribution in [1.29, 1.82) is 0 Å². The molecule has 0 aliphatic heterocycles. The Hall–Kier alpha value is -3.10. The number of amides is 1. The van der Waals surface area contributed by atoms with Crippen LogP contribution in [0.15, 0.2) is 53.7 Å². The number of nitrogens with one attached hydrogen (secondary N) is 2. The van der Waals surface area contributed by atoms with Gasteiger partial charge in [-0.2, -0.15) is 13.2 Å². The molecule has 0 aliphatic carbocycles. The van der Waals surface area contributed by atoms with Gasteiger partial charge in [0.1, 0.15) is 0 Å². The SMILES string of the molecule is CCNC(=NCc1cccc(C(F)(F)F)c1)NCC(=O)N(C)CCc1ccccn1. The third-order valence-electron chi connectivity index (χ3n) is 4.28. The van der Waals surface area contributed by atoms with E-state index in [0.717, 1.165) is 17.8 Å². The van der Waals surface area contributed by atoms with Gasteiger partial charge in [0.25, 0.3) is 0 Å². The first-order valence-electron chi connectivity index (χ1n) is 9.61. The number of rotatable bonds is 8. The molecule has 0 aliphatic rings. The normalized spacial score (nSPS) is 11.8. The summed E-state index contributed by atoms with van der Waals surface area (Å²) in [6, 6.07) is 10.7. The molecule has 9 heteroatoms. The molecule has 1 heterocycles. The Balaban J connectivity index is 1.89. The minimum Gasteiger partial charge on any atom is -0.357 e. The fourth-order valence-electron chi connectivity index (χ4n) is 2.61. The predicted molar refractivity (Wildman–Crippen MR) is 110 cm³/mol. The van der Waals surface area contributed by atoms with Crippen LogP contribution in [0.1, 0.15) is 23.7 Å². The predicted octanol–water partition coefficient (Wildman–Crippen LogP) is 2.86. The lowest BCUT2D eigenvalue weighted by Gasteiger charge is -2.18. The number of carbonyl (C=O) groups is 1. The van der Waals surface area contributed by atoms with Crippen LogP contribution in [0.2, 0.25) is 0 Å². The van der Waals surface area contributed by atoms with Crippen molar-refractivity contribution in [2.45, 2.75) is 26.1 Å². The molecule has 0 radical (unpaired) electrons. The number of guanidine groups is 1. The van der Waals surface area contributed by atoms with E-state index < -0.39 is 11.7 Å². The van der Waals surface area contributed by atoms with Crippen molar-refractivity contribution >= 4 is 11.9 Å². The second-order valence-corrected chi connectivity index (χ2v) is 6.63. The van der Waals surface area contributed by atoms with Gasteiger partial charge in [-0.15, -0.1) is 0 Å². The molecular formula is C21H26F3N5O. The molecule has 2 aromatic rings. The molecular weight excluding hydrogens is 395 g/mol. The quantitative estimate of drug-likeness (QED) is 0.508. The van der Waals surface area contributed by atoms with Crippen LogP contribution in [-0.4, -0.2) is 48.4 Å². The van der Waals surface area contributed by atoms with Crippen molar-refractivity contribution in [2.75, 3.05) is 26.7 Å². The Morgan fingerprint density at radius 1 is 1.17 bits per heavy atom. The van der Waals surface area contributed by atoms with Crippen molar-refractivity contribution < 1.29 is 18.0 Å². The highest BCUT2D eigenvalue weighted by molar-refractivity contribution is 5.86. The Morgan fingerprint density at radius 3 is 2.63 bits per heavy atom. The molecule has 0 bridgehead atoms. The first-order valence-corrected chi connectivity index (χ1v) is 9.61. The van der Waals surface area contributed by atoms with Crippen LogP contribution in [0.5, 0.6) is 0 Å². The number of nitrogens with zero attached hydrogens (tertiary/aromatic N) is 3. The van der Waals surface area contributed by atoms with E-state index >= 15 is 0 Å². The number of hydrogen-bond acceptors (Lipinski definition) is 3. The third kappa shape index (κ3) is 7.73. The van der Waals surface area contributed by atoms with Crippen LogP contribution < -0.4 is 10.6 Å².